The SMILES string of the molecule is [B]N(C)COC(=C)CC. The van der Waals surface area contributed by atoms with E-state index in [0.29, 0.717) is 6.73 Å². The first-order valence-electron chi connectivity index (χ1n) is 2.93. The van der Waals surface area contributed by atoms with Gasteiger partial charge in [0, 0.05) is 6.42 Å². The van der Waals surface area contributed by atoms with Crippen molar-refractivity contribution in [3.8, 4) is 0 Å². The fourth-order valence-electron chi connectivity index (χ4n) is 0.295. The van der Waals surface area contributed by atoms with Crippen molar-refractivity contribution in [1.29, 1.82) is 0 Å². The van der Waals surface area contributed by atoms with Gasteiger partial charge in [0.05, 0.1) is 5.76 Å². The van der Waals surface area contributed by atoms with Crippen LogP contribution in [0.15, 0.2) is 12.3 Å². The van der Waals surface area contributed by atoms with E-state index >= 15 is 0 Å². The maximum absolute atomic E-state index is 5.26. The number of rotatable bonds is 4. The predicted molar refractivity (Wildman–Crippen MR) is 38.9 cm³/mol. The Bertz CT molecular complexity index is 93.1. The summed E-state index contributed by atoms with van der Waals surface area (Å²) in [6, 6.07) is 0. The van der Waals surface area contributed by atoms with E-state index < -0.39 is 0 Å². The van der Waals surface area contributed by atoms with Gasteiger partial charge in [-0.2, -0.15) is 0 Å². The van der Waals surface area contributed by atoms with Crippen LogP contribution < -0.4 is 0 Å². The van der Waals surface area contributed by atoms with Crippen molar-refractivity contribution >= 4 is 7.98 Å². The van der Waals surface area contributed by atoms with Gasteiger partial charge in [-0.05, 0) is 7.05 Å². The van der Waals surface area contributed by atoms with E-state index in [1.807, 2.05) is 6.92 Å². The Kier molecular flexibility index (Phi) is 4.23. The van der Waals surface area contributed by atoms with Gasteiger partial charge in [-0.1, -0.05) is 13.5 Å². The first kappa shape index (κ1) is 8.56. The molecule has 0 aliphatic heterocycles. The molecule has 0 rings (SSSR count). The zero-order valence-electron chi connectivity index (χ0n) is 6.05. The maximum Gasteiger partial charge on any atom is 0.186 e. The molecule has 2 radical (unpaired) electrons. The molecular weight excluding hydrogens is 113 g/mol. The molecule has 2 nitrogen and oxygen atoms in total. The van der Waals surface area contributed by atoms with Crippen LogP contribution >= 0.6 is 0 Å². The van der Waals surface area contributed by atoms with Crippen LogP contribution in [0.1, 0.15) is 13.3 Å². The molecule has 0 fully saturated rings. The lowest BCUT2D eigenvalue weighted by Gasteiger charge is -2.12. The summed E-state index contributed by atoms with van der Waals surface area (Å²) in [6.07, 6.45) is 0.841. The quantitative estimate of drug-likeness (QED) is 0.314. The van der Waals surface area contributed by atoms with Crippen molar-refractivity contribution in [1.82, 2.24) is 4.81 Å². The standard InChI is InChI=1S/C6H12BNO/c1-4-6(2)9-5-8(3)7/h2,4-5H2,1,3H3. The van der Waals surface area contributed by atoms with Crippen molar-refractivity contribution in [3.05, 3.63) is 12.3 Å². The summed E-state index contributed by atoms with van der Waals surface area (Å²) in [6.45, 7) is 6.04. The Labute approximate surface area is 57.9 Å². The molecule has 0 aliphatic carbocycles. The third-order valence-corrected chi connectivity index (χ3v) is 0.867. The van der Waals surface area contributed by atoms with Gasteiger partial charge in [-0.25, -0.2) is 0 Å². The van der Waals surface area contributed by atoms with Crippen molar-refractivity contribution in [2.75, 3.05) is 13.8 Å². The first-order chi connectivity index (χ1) is 4.16. The van der Waals surface area contributed by atoms with Crippen LogP contribution in [0.25, 0.3) is 0 Å². The van der Waals surface area contributed by atoms with Crippen LogP contribution in [-0.2, 0) is 4.74 Å². The minimum atomic E-state index is 0.409. The van der Waals surface area contributed by atoms with Gasteiger partial charge in [-0.15, -0.1) is 0 Å². The second-order valence-corrected chi connectivity index (χ2v) is 1.92. The minimum Gasteiger partial charge on any atom is -0.484 e. The van der Waals surface area contributed by atoms with Crippen LogP contribution in [0.3, 0.4) is 0 Å². The summed E-state index contributed by atoms with van der Waals surface area (Å²) in [5.74, 6) is 0.771. The molecule has 0 heterocycles. The molecule has 0 aliphatic rings. The van der Waals surface area contributed by atoms with Gasteiger partial charge in [0.1, 0.15) is 6.73 Å². The molecule has 0 aromatic heterocycles. The normalized spacial score (nSPS) is 9.67. The zero-order chi connectivity index (χ0) is 7.28. The van der Waals surface area contributed by atoms with Gasteiger partial charge in [0.25, 0.3) is 0 Å². The first-order valence-corrected chi connectivity index (χ1v) is 2.93. The van der Waals surface area contributed by atoms with Gasteiger partial charge in [0.15, 0.2) is 7.98 Å². The number of ether oxygens (including phenoxy) is 1. The third kappa shape index (κ3) is 5.44. The Morgan fingerprint density at radius 1 is 1.78 bits per heavy atom. The molecule has 0 N–H and O–H groups in total. The van der Waals surface area contributed by atoms with Crippen LogP contribution in [0.2, 0.25) is 0 Å². The van der Waals surface area contributed by atoms with E-state index in [4.69, 9.17) is 12.7 Å². The lowest BCUT2D eigenvalue weighted by Crippen LogP contribution is -2.17. The maximum atomic E-state index is 5.26. The summed E-state index contributed by atoms with van der Waals surface area (Å²) in [5, 5.41) is 0. The largest absolute Gasteiger partial charge is 0.484 e. The fraction of sp³-hybridized carbons (Fsp3) is 0.667. The zero-order valence-corrected chi connectivity index (χ0v) is 6.05. The van der Waals surface area contributed by atoms with Gasteiger partial charge in [0.2, 0.25) is 0 Å². The highest BCUT2D eigenvalue weighted by Gasteiger charge is 1.90. The Morgan fingerprint density at radius 3 is 2.67 bits per heavy atom. The molecule has 0 spiro atoms. The third-order valence-electron chi connectivity index (χ3n) is 0.867. The Morgan fingerprint density at radius 2 is 2.33 bits per heavy atom. The van der Waals surface area contributed by atoms with Crippen molar-refractivity contribution in [2.24, 2.45) is 0 Å². The van der Waals surface area contributed by atoms with Crippen molar-refractivity contribution in [3.63, 3.8) is 0 Å². The minimum absolute atomic E-state index is 0.409. The van der Waals surface area contributed by atoms with Gasteiger partial charge < -0.3 is 9.55 Å². The highest BCUT2D eigenvalue weighted by atomic mass is 16.5. The summed E-state index contributed by atoms with van der Waals surface area (Å²) in [5.41, 5.74) is 0. The fourth-order valence-corrected chi connectivity index (χ4v) is 0.295. The van der Waals surface area contributed by atoms with Gasteiger partial charge >= 0.3 is 0 Å². The lowest BCUT2D eigenvalue weighted by molar-refractivity contribution is 0.140. The molecule has 0 saturated carbocycles. The van der Waals surface area contributed by atoms with Crippen molar-refractivity contribution in [2.45, 2.75) is 13.3 Å². The van der Waals surface area contributed by atoms with E-state index in [1.54, 1.807) is 7.05 Å². The second kappa shape index (κ2) is 4.44. The van der Waals surface area contributed by atoms with Crippen LogP contribution in [-0.4, -0.2) is 26.6 Å². The Balaban J connectivity index is 3.17. The molecular formula is C6H12BNO. The van der Waals surface area contributed by atoms with Crippen LogP contribution in [0.5, 0.6) is 0 Å². The second-order valence-electron chi connectivity index (χ2n) is 1.92. The Hall–Kier alpha value is -0.435. The summed E-state index contributed by atoms with van der Waals surface area (Å²) in [4.78, 5) is 1.46. The molecule has 9 heavy (non-hydrogen) atoms. The molecule has 0 saturated heterocycles. The molecule has 3 heteroatoms. The lowest BCUT2D eigenvalue weighted by atomic mass is 10.4. The average molecular weight is 125 g/mol. The van der Waals surface area contributed by atoms with Gasteiger partial charge in [-0.3, -0.25) is 0 Å². The van der Waals surface area contributed by atoms with Crippen molar-refractivity contribution < 1.29 is 4.74 Å². The number of allylic oxidation sites excluding steroid dienone is 1. The molecule has 0 aromatic rings. The van der Waals surface area contributed by atoms with E-state index in [-0.39, 0.29) is 0 Å². The number of nitrogens with zero attached hydrogens (tertiary/aromatic N) is 1. The van der Waals surface area contributed by atoms with E-state index in [1.165, 1.54) is 4.81 Å². The number of hydrogen-bond acceptors (Lipinski definition) is 2. The van der Waals surface area contributed by atoms with E-state index in [2.05, 4.69) is 6.58 Å². The van der Waals surface area contributed by atoms with E-state index in [9.17, 15) is 0 Å². The van der Waals surface area contributed by atoms with E-state index in [0.717, 1.165) is 12.2 Å². The molecule has 0 atom stereocenters. The van der Waals surface area contributed by atoms with Crippen LogP contribution in [0.4, 0.5) is 0 Å². The molecule has 0 unspecified atom stereocenters. The summed E-state index contributed by atoms with van der Waals surface area (Å²) >= 11 is 0. The predicted octanol–water partition coefficient (Wildman–Crippen LogP) is 0.899. The molecule has 0 amide bonds. The molecule has 0 aromatic carbocycles. The topological polar surface area (TPSA) is 12.5 Å². The summed E-state index contributed by atoms with van der Waals surface area (Å²) < 4.78 is 5.06. The van der Waals surface area contributed by atoms with Crippen LogP contribution in [0, 0.1) is 0 Å². The average Bonchev–Trinajstić information content (AvgIpc) is 1.83. The molecule has 0 bridgehead atoms. The molecule has 50 valence electrons. The monoisotopic (exact) mass is 125 g/mol. The number of hydrogen-bond donors (Lipinski definition) is 0. The highest BCUT2D eigenvalue weighted by Crippen LogP contribution is 1.97. The highest BCUT2D eigenvalue weighted by molar-refractivity contribution is 6.04. The smallest absolute Gasteiger partial charge is 0.186 e. The summed E-state index contributed by atoms with van der Waals surface area (Å²) in [7, 11) is 7.00.